The van der Waals surface area contributed by atoms with Crippen molar-refractivity contribution in [1.29, 1.82) is 0 Å². The molecule has 0 fully saturated rings. The van der Waals surface area contributed by atoms with Gasteiger partial charge in [0.2, 0.25) is 0 Å². The maximum atomic E-state index is 12.9. The summed E-state index contributed by atoms with van der Waals surface area (Å²) < 4.78 is 0. The Hall–Kier alpha value is -3.47. The fourth-order valence-electron chi connectivity index (χ4n) is 3.14. The third-order valence-corrected chi connectivity index (χ3v) is 4.88. The van der Waals surface area contributed by atoms with Crippen LogP contribution >= 0.6 is 0 Å². The molecule has 2 heterocycles. The Morgan fingerprint density at radius 3 is 2.44 bits per heavy atom. The van der Waals surface area contributed by atoms with E-state index in [0.717, 1.165) is 33.1 Å². The predicted molar refractivity (Wildman–Crippen MR) is 110 cm³/mol. The van der Waals surface area contributed by atoms with Crippen molar-refractivity contribution in [2.45, 2.75) is 13.8 Å². The van der Waals surface area contributed by atoms with Crippen LogP contribution in [0.3, 0.4) is 0 Å². The van der Waals surface area contributed by atoms with Gasteiger partial charge in [0.15, 0.2) is 0 Å². The normalized spacial score (nSPS) is 10.9. The number of rotatable bonds is 2. The molecule has 0 bridgehead atoms. The predicted octanol–water partition coefficient (Wildman–Crippen LogP) is 5.07. The average Bonchev–Trinajstić information content (AvgIpc) is 2.69. The molecule has 0 aliphatic carbocycles. The van der Waals surface area contributed by atoms with Crippen molar-refractivity contribution in [3.05, 3.63) is 72.1 Å². The second-order valence-electron chi connectivity index (χ2n) is 6.66. The van der Waals surface area contributed by atoms with E-state index in [9.17, 15) is 4.79 Å². The van der Waals surface area contributed by atoms with Gasteiger partial charge in [-0.1, -0.05) is 12.1 Å². The number of nitrogens with zero attached hydrogens (tertiary/aromatic N) is 3. The van der Waals surface area contributed by atoms with Crippen LogP contribution in [-0.2, 0) is 0 Å². The van der Waals surface area contributed by atoms with Crippen LogP contribution in [0.5, 0.6) is 0 Å². The Kier molecular flexibility index (Phi) is 4.20. The summed E-state index contributed by atoms with van der Waals surface area (Å²) in [5.74, 6) is 0. The lowest BCUT2D eigenvalue weighted by molar-refractivity contribution is 0.258. The van der Waals surface area contributed by atoms with Gasteiger partial charge in [0, 0.05) is 35.9 Å². The molecule has 0 aliphatic heterocycles. The molecule has 4 aromatic rings. The maximum absolute atomic E-state index is 12.9. The topological polar surface area (TPSA) is 58.1 Å². The molecule has 5 nitrogen and oxygen atoms in total. The zero-order chi connectivity index (χ0) is 19.0. The number of urea groups is 1. The summed E-state index contributed by atoms with van der Waals surface area (Å²) in [4.78, 5) is 23.4. The van der Waals surface area contributed by atoms with Crippen LogP contribution in [0.15, 0.2) is 60.9 Å². The Labute approximate surface area is 157 Å². The summed E-state index contributed by atoms with van der Waals surface area (Å²) in [6.45, 7) is 4.10. The number of benzene rings is 2. The van der Waals surface area contributed by atoms with Crippen molar-refractivity contribution < 1.29 is 4.79 Å². The van der Waals surface area contributed by atoms with Crippen LogP contribution in [0.2, 0.25) is 0 Å². The molecule has 2 aromatic heterocycles. The van der Waals surface area contributed by atoms with Crippen molar-refractivity contribution in [2.75, 3.05) is 17.3 Å². The molecule has 0 unspecified atom stereocenters. The SMILES string of the molecule is Cc1ccc(N(C)C(=O)Nc2cc3cccnc3c3cccnc23)cc1C. The molecule has 0 saturated carbocycles. The highest BCUT2D eigenvalue weighted by Crippen LogP contribution is 2.29. The van der Waals surface area contributed by atoms with Crippen LogP contribution in [-0.4, -0.2) is 23.0 Å². The van der Waals surface area contributed by atoms with Crippen molar-refractivity contribution in [3.8, 4) is 0 Å². The van der Waals surface area contributed by atoms with E-state index in [-0.39, 0.29) is 6.03 Å². The van der Waals surface area contributed by atoms with E-state index in [4.69, 9.17) is 0 Å². The first-order valence-corrected chi connectivity index (χ1v) is 8.79. The number of pyridine rings is 2. The van der Waals surface area contributed by atoms with Gasteiger partial charge >= 0.3 is 6.03 Å². The summed E-state index contributed by atoms with van der Waals surface area (Å²) in [7, 11) is 1.76. The van der Waals surface area contributed by atoms with Gasteiger partial charge in [-0.25, -0.2) is 4.79 Å². The summed E-state index contributed by atoms with van der Waals surface area (Å²) in [6.07, 6.45) is 3.49. The maximum Gasteiger partial charge on any atom is 0.326 e. The van der Waals surface area contributed by atoms with E-state index in [1.807, 2.05) is 55.5 Å². The van der Waals surface area contributed by atoms with E-state index in [1.54, 1.807) is 24.3 Å². The summed E-state index contributed by atoms with van der Waals surface area (Å²) in [5, 5.41) is 4.88. The van der Waals surface area contributed by atoms with Crippen molar-refractivity contribution in [1.82, 2.24) is 9.97 Å². The molecule has 0 radical (unpaired) electrons. The number of anilines is 2. The zero-order valence-electron chi connectivity index (χ0n) is 15.5. The average molecular weight is 356 g/mol. The van der Waals surface area contributed by atoms with Gasteiger partial charge in [0.05, 0.1) is 16.7 Å². The highest BCUT2D eigenvalue weighted by Gasteiger charge is 2.15. The molecule has 27 heavy (non-hydrogen) atoms. The Bertz CT molecular complexity index is 1170. The van der Waals surface area contributed by atoms with Gasteiger partial charge in [0.1, 0.15) is 0 Å². The molecule has 1 N–H and O–H groups in total. The summed E-state index contributed by atoms with van der Waals surface area (Å²) in [5.41, 5.74) is 5.47. The van der Waals surface area contributed by atoms with Gasteiger partial charge in [-0.2, -0.15) is 0 Å². The molecule has 2 amide bonds. The number of amides is 2. The first kappa shape index (κ1) is 17.0. The minimum absolute atomic E-state index is 0.214. The van der Waals surface area contributed by atoms with Crippen molar-refractivity contribution in [3.63, 3.8) is 0 Å². The molecular formula is C22H20N4O. The highest BCUT2D eigenvalue weighted by atomic mass is 16.2. The fourth-order valence-corrected chi connectivity index (χ4v) is 3.14. The number of hydrogen-bond donors (Lipinski definition) is 1. The second kappa shape index (κ2) is 6.68. The van der Waals surface area contributed by atoms with Crippen LogP contribution in [0, 0.1) is 13.8 Å². The summed E-state index contributed by atoms with van der Waals surface area (Å²) in [6, 6.07) is 15.4. The number of nitrogens with one attached hydrogen (secondary N) is 1. The number of aromatic nitrogens is 2. The second-order valence-corrected chi connectivity index (χ2v) is 6.66. The Morgan fingerprint density at radius 2 is 1.67 bits per heavy atom. The molecule has 0 atom stereocenters. The molecule has 134 valence electrons. The largest absolute Gasteiger partial charge is 0.326 e. The van der Waals surface area contributed by atoms with E-state index < -0.39 is 0 Å². The molecule has 4 rings (SSSR count). The number of hydrogen-bond acceptors (Lipinski definition) is 3. The fraction of sp³-hybridized carbons (Fsp3) is 0.136. The smallest absolute Gasteiger partial charge is 0.305 e. The Morgan fingerprint density at radius 1 is 0.926 bits per heavy atom. The standard InChI is InChI=1S/C22H20N4O/c1-14-8-9-17(12-15(14)2)26(3)22(27)25-19-13-16-6-4-10-23-20(16)18-7-5-11-24-21(18)19/h4-13H,1-3H3,(H,25,27). The monoisotopic (exact) mass is 356 g/mol. The first-order chi connectivity index (χ1) is 13.0. The molecule has 5 heteroatoms. The highest BCUT2D eigenvalue weighted by molar-refractivity contribution is 6.13. The molecular weight excluding hydrogens is 336 g/mol. The first-order valence-electron chi connectivity index (χ1n) is 8.79. The van der Waals surface area contributed by atoms with Gasteiger partial charge in [-0.05, 0) is 61.4 Å². The van der Waals surface area contributed by atoms with E-state index in [2.05, 4.69) is 22.2 Å². The Balaban J connectivity index is 1.73. The van der Waals surface area contributed by atoms with Gasteiger partial charge in [-0.3, -0.25) is 14.9 Å². The minimum atomic E-state index is -0.214. The van der Waals surface area contributed by atoms with Crippen LogP contribution in [0.25, 0.3) is 21.8 Å². The number of fused-ring (bicyclic) bond motifs is 3. The van der Waals surface area contributed by atoms with Crippen LogP contribution in [0.4, 0.5) is 16.2 Å². The quantitative estimate of drug-likeness (QED) is 0.510. The molecule has 0 saturated heterocycles. The van der Waals surface area contributed by atoms with E-state index in [1.165, 1.54) is 5.56 Å². The molecule has 0 aliphatic rings. The molecule has 0 spiro atoms. The van der Waals surface area contributed by atoms with Crippen molar-refractivity contribution >= 4 is 39.2 Å². The van der Waals surface area contributed by atoms with Crippen LogP contribution < -0.4 is 10.2 Å². The third kappa shape index (κ3) is 3.08. The van der Waals surface area contributed by atoms with Crippen molar-refractivity contribution in [2.24, 2.45) is 0 Å². The van der Waals surface area contributed by atoms with Gasteiger partial charge in [0.25, 0.3) is 0 Å². The van der Waals surface area contributed by atoms with Gasteiger partial charge < -0.3 is 5.32 Å². The number of aryl methyl sites for hydroxylation is 2. The van der Waals surface area contributed by atoms with E-state index in [0.29, 0.717) is 5.69 Å². The number of carbonyl (C=O) groups excluding carboxylic acids is 1. The lowest BCUT2D eigenvalue weighted by Crippen LogP contribution is -2.31. The summed E-state index contributed by atoms with van der Waals surface area (Å²) >= 11 is 0. The van der Waals surface area contributed by atoms with Gasteiger partial charge in [-0.15, -0.1) is 0 Å². The van der Waals surface area contributed by atoms with E-state index >= 15 is 0 Å². The third-order valence-electron chi connectivity index (χ3n) is 4.88. The number of carbonyl (C=O) groups is 1. The minimum Gasteiger partial charge on any atom is -0.305 e. The lowest BCUT2D eigenvalue weighted by atomic mass is 10.1. The lowest BCUT2D eigenvalue weighted by Gasteiger charge is -2.20. The van der Waals surface area contributed by atoms with Crippen LogP contribution in [0.1, 0.15) is 11.1 Å². The molecule has 2 aromatic carbocycles. The zero-order valence-corrected chi connectivity index (χ0v) is 15.5.